The molecule has 1 heterocycles. The average Bonchev–Trinajstić information content (AvgIpc) is 2.71. The minimum absolute atomic E-state index is 0.0922. The SMILES string of the molecule is CCN1C(=O)C(=O)N(CC(=O)N[C@@H](C)c2ccccc2Br)C1=O. The lowest BCUT2D eigenvalue weighted by Gasteiger charge is -2.18. The van der Waals surface area contributed by atoms with Gasteiger partial charge in [-0.2, -0.15) is 0 Å². The van der Waals surface area contributed by atoms with Crippen molar-refractivity contribution < 1.29 is 19.2 Å². The summed E-state index contributed by atoms with van der Waals surface area (Å²) in [5.41, 5.74) is 0.867. The van der Waals surface area contributed by atoms with Gasteiger partial charge in [0.05, 0.1) is 6.04 Å². The number of carbonyl (C=O) groups excluding carboxylic acids is 4. The number of benzene rings is 1. The first-order valence-corrected chi connectivity index (χ1v) is 7.87. The van der Waals surface area contributed by atoms with E-state index in [0.29, 0.717) is 4.90 Å². The molecule has 23 heavy (non-hydrogen) atoms. The predicted molar refractivity (Wildman–Crippen MR) is 85.2 cm³/mol. The van der Waals surface area contributed by atoms with Gasteiger partial charge in [-0.25, -0.2) is 9.69 Å². The molecule has 1 aliphatic heterocycles. The van der Waals surface area contributed by atoms with Gasteiger partial charge in [-0.1, -0.05) is 34.1 Å². The molecule has 8 heteroatoms. The fraction of sp³-hybridized carbons (Fsp3) is 0.333. The second-order valence-corrected chi connectivity index (χ2v) is 5.89. The van der Waals surface area contributed by atoms with Crippen LogP contribution in [0.15, 0.2) is 28.7 Å². The third-order valence-corrected chi connectivity index (χ3v) is 4.22. The van der Waals surface area contributed by atoms with Crippen LogP contribution in [0, 0.1) is 0 Å². The lowest BCUT2D eigenvalue weighted by atomic mass is 10.1. The summed E-state index contributed by atoms with van der Waals surface area (Å²) in [7, 11) is 0. The molecule has 1 aliphatic rings. The molecular weight excluding hydrogens is 366 g/mol. The number of hydrogen-bond acceptors (Lipinski definition) is 4. The highest BCUT2D eigenvalue weighted by molar-refractivity contribution is 9.10. The molecule has 1 aromatic rings. The summed E-state index contributed by atoms with van der Waals surface area (Å²) in [4.78, 5) is 48.8. The number of likely N-dealkylation sites (N-methyl/N-ethyl adjacent to an activating group) is 1. The summed E-state index contributed by atoms with van der Waals surface area (Å²) in [6, 6.07) is 6.32. The Labute approximate surface area is 141 Å². The highest BCUT2D eigenvalue weighted by Gasteiger charge is 2.44. The standard InChI is InChI=1S/C15H16BrN3O4/c1-3-18-13(21)14(22)19(15(18)23)8-12(20)17-9(2)10-6-4-5-7-11(10)16/h4-7,9H,3,8H2,1-2H3,(H,17,20)/t9-/m0/s1. The molecule has 1 saturated heterocycles. The molecule has 0 aromatic heterocycles. The number of nitrogens with zero attached hydrogens (tertiary/aromatic N) is 2. The van der Waals surface area contributed by atoms with E-state index in [2.05, 4.69) is 21.2 Å². The van der Waals surface area contributed by atoms with Crippen LogP contribution in [0.2, 0.25) is 0 Å². The van der Waals surface area contributed by atoms with Gasteiger partial charge in [0.1, 0.15) is 6.54 Å². The Bertz CT molecular complexity index is 676. The monoisotopic (exact) mass is 381 g/mol. The fourth-order valence-corrected chi connectivity index (χ4v) is 2.93. The van der Waals surface area contributed by atoms with Crippen LogP contribution in [0.1, 0.15) is 25.5 Å². The minimum atomic E-state index is -0.972. The maximum Gasteiger partial charge on any atom is 0.334 e. The zero-order valence-electron chi connectivity index (χ0n) is 12.7. The third kappa shape index (κ3) is 3.42. The minimum Gasteiger partial charge on any atom is -0.348 e. The number of imide groups is 2. The molecule has 1 N–H and O–H groups in total. The van der Waals surface area contributed by atoms with Crippen LogP contribution >= 0.6 is 15.9 Å². The van der Waals surface area contributed by atoms with Gasteiger partial charge in [0.15, 0.2) is 0 Å². The molecule has 0 aliphatic carbocycles. The smallest absolute Gasteiger partial charge is 0.334 e. The molecule has 0 spiro atoms. The summed E-state index contributed by atoms with van der Waals surface area (Å²) in [5.74, 6) is -2.38. The molecule has 0 unspecified atom stereocenters. The zero-order valence-corrected chi connectivity index (χ0v) is 14.3. The Morgan fingerprint density at radius 2 is 1.78 bits per heavy atom. The van der Waals surface area contributed by atoms with Crippen LogP contribution < -0.4 is 5.32 Å². The number of urea groups is 1. The number of carbonyl (C=O) groups is 4. The van der Waals surface area contributed by atoms with Gasteiger partial charge in [-0.15, -0.1) is 0 Å². The van der Waals surface area contributed by atoms with Crippen molar-refractivity contribution in [1.82, 2.24) is 15.1 Å². The second-order valence-electron chi connectivity index (χ2n) is 5.03. The van der Waals surface area contributed by atoms with Gasteiger partial charge >= 0.3 is 17.8 Å². The Kier molecular flexibility index (Phi) is 5.15. The second kappa shape index (κ2) is 6.91. The van der Waals surface area contributed by atoms with Crippen LogP contribution in [-0.4, -0.2) is 46.6 Å². The molecule has 0 saturated carbocycles. The Morgan fingerprint density at radius 3 is 2.35 bits per heavy atom. The number of nitrogens with one attached hydrogen (secondary N) is 1. The number of amides is 5. The van der Waals surface area contributed by atoms with Crippen molar-refractivity contribution in [2.24, 2.45) is 0 Å². The van der Waals surface area contributed by atoms with Gasteiger partial charge in [-0.05, 0) is 25.5 Å². The first-order valence-electron chi connectivity index (χ1n) is 7.08. The number of halogens is 1. The average molecular weight is 382 g/mol. The fourth-order valence-electron chi connectivity index (χ4n) is 2.30. The first-order chi connectivity index (χ1) is 10.9. The van der Waals surface area contributed by atoms with E-state index in [1.807, 2.05) is 24.3 Å². The summed E-state index contributed by atoms with van der Waals surface area (Å²) < 4.78 is 0.841. The van der Waals surface area contributed by atoms with Crippen LogP contribution in [0.3, 0.4) is 0 Å². The molecule has 5 amide bonds. The van der Waals surface area contributed by atoms with Crippen molar-refractivity contribution >= 4 is 39.7 Å². The normalized spacial score (nSPS) is 16.0. The molecule has 122 valence electrons. The van der Waals surface area contributed by atoms with Crippen LogP contribution in [0.25, 0.3) is 0 Å². The van der Waals surface area contributed by atoms with Crippen LogP contribution in [0.5, 0.6) is 0 Å². The zero-order chi connectivity index (χ0) is 17.1. The predicted octanol–water partition coefficient (Wildman–Crippen LogP) is 1.44. The molecule has 7 nitrogen and oxygen atoms in total. The molecule has 2 rings (SSSR count). The van der Waals surface area contributed by atoms with E-state index in [1.54, 1.807) is 13.8 Å². The van der Waals surface area contributed by atoms with E-state index in [4.69, 9.17) is 0 Å². The lowest BCUT2D eigenvalue weighted by Crippen LogP contribution is -2.42. The van der Waals surface area contributed by atoms with Gasteiger partial charge < -0.3 is 5.32 Å². The number of rotatable bonds is 5. The maximum atomic E-state index is 12.1. The van der Waals surface area contributed by atoms with Gasteiger partial charge in [0.25, 0.3) is 0 Å². The van der Waals surface area contributed by atoms with Crippen molar-refractivity contribution in [3.05, 3.63) is 34.3 Å². The van der Waals surface area contributed by atoms with Gasteiger partial charge in [0.2, 0.25) is 5.91 Å². The third-order valence-electron chi connectivity index (χ3n) is 3.50. The quantitative estimate of drug-likeness (QED) is 0.617. The topological polar surface area (TPSA) is 86.8 Å². The van der Waals surface area contributed by atoms with E-state index in [1.165, 1.54) is 0 Å². The van der Waals surface area contributed by atoms with E-state index in [0.717, 1.165) is 14.9 Å². The largest absolute Gasteiger partial charge is 0.348 e. The van der Waals surface area contributed by atoms with Crippen molar-refractivity contribution in [3.63, 3.8) is 0 Å². The lowest BCUT2D eigenvalue weighted by molar-refractivity contribution is -0.144. The molecule has 0 radical (unpaired) electrons. The Morgan fingerprint density at radius 1 is 1.17 bits per heavy atom. The Hall–Kier alpha value is -2.22. The summed E-state index contributed by atoms with van der Waals surface area (Å²) in [5, 5.41) is 2.71. The molecular formula is C15H16BrN3O4. The Balaban J connectivity index is 2.03. The van der Waals surface area contributed by atoms with Gasteiger partial charge in [0, 0.05) is 11.0 Å². The molecule has 1 fully saturated rings. The number of hydrogen-bond donors (Lipinski definition) is 1. The van der Waals surface area contributed by atoms with E-state index < -0.39 is 30.3 Å². The summed E-state index contributed by atoms with van der Waals surface area (Å²) >= 11 is 3.40. The van der Waals surface area contributed by atoms with E-state index >= 15 is 0 Å². The highest BCUT2D eigenvalue weighted by atomic mass is 79.9. The van der Waals surface area contributed by atoms with Crippen molar-refractivity contribution in [2.45, 2.75) is 19.9 Å². The first kappa shape index (κ1) is 17.1. The van der Waals surface area contributed by atoms with E-state index in [9.17, 15) is 19.2 Å². The van der Waals surface area contributed by atoms with Crippen LogP contribution in [0.4, 0.5) is 4.79 Å². The van der Waals surface area contributed by atoms with Crippen molar-refractivity contribution in [2.75, 3.05) is 13.1 Å². The molecule has 1 aromatic carbocycles. The van der Waals surface area contributed by atoms with Gasteiger partial charge in [-0.3, -0.25) is 19.3 Å². The van der Waals surface area contributed by atoms with Crippen molar-refractivity contribution in [3.8, 4) is 0 Å². The summed E-state index contributed by atoms with van der Waals surface area (Å²) in [6.45, 7) is 2.99. The van der Waals surface area contributed by atoms with Crippen LogP contribution in [-0.2, 0) is 14.4 Å². The summed E-state index contributed by atoms with van der Waals surface area (Å²) in [6.07, 6.45) is 0. The van der Waals surface area contributed by atoms with Crippen molar-refractivity contribution in [1.29, 1.82) is 0 Å². The molecule has 0 bridgehead atoms. The highest BCUT2D eigenvalue weighted by Crippen LogP contribution is 2.22. The van der Waals surface area contributed by atoms with E-state index in [-0.39, 0.29) is 12.6 Å². The molecule has 1 atom stereocenters. The maximum absolute atomic E-state index is 12.1.